The van der Waals surface area contributed by atoms with Crippen LogP contribution in [0, 0.1) is 5.82 Å². The minimum Gasteiger partial charge on any atom is -0.338 e. The fourth-order valence-electron chi connectivity index (χ4n) is 3.18. The molecule has 1 aromatic carbocycles. The van der Waals surface area contributed by atoms with Gasteiger partial charge in [-0.3, -0.25) is 9.88 Å². The average molecular weight is 324 g/mol. The third-order valence-electron chi connectivity index (χ3n) is 4.34. The van der Waals surface area contributed by atoms with E-state index in [0.717, 1.165) is 30.5 Å². The fourth-order valence-corrected chi connectivity index (χ4v) is 3.18. The molecular weight excluding hydrogens is 307 g/mol. The van der Waals surface area contributed by atoms with Crippen LogP contribution in [-0.4, -0.2) is 26.6 Å². The van der Waals surface area contributed by atoms with E-state index in [2.05, 4.69) is 20.0 Å². The minimum atomic E-state index is -0.207. The summed E-state index contributed by atoms with van der Waals surface area (Å²) in [6.07, 6.45) is 5.58. The minimum absolute atomic E-state index is 0.207. The van der Waals surface area contributed by atoms with Crippen molar-refractivity contribution in [3.8, 4) is 11.4 Å². The van der Waals surface area contributed by atoms with Gasteiger partial charge in [-0.2, -0.15) is 4.98 Å². The van der Waals surface area contributed by atoms with Crippen LogP contribution >= 0.6 is 0 Å². The van der Waals surface area contributed by atoms with Crippen molar-refractivity contribution in [3.05, 3.63) is 66.1 Å². The maximum absolute atomic E-state index is 13.1. The van der Waals surface area contributed by atoms with E-state index in [1.54, 1.807) is 12.4 Å². The Morgan fingerprint density at radius 3 is 2.88 bits per heavy atom. The largest absolute Gasteiger partial charge is 0.338 e. The highest BCUT2D eigenvalue weighted by Gasteiger charge is 2.27. The van der Waals surface area contributed by atoms with Gasteiger partial charge in [-0.05, 0) is 49.2 Å². The van der Waals surface area contributed by atoms with Crippen molar-refractivity contribution in [3.63, 3.8) is 0 Å². The predicted molar refractivity (Wildman–Crippen MR) is 86.3 cm³/mol. The van der Waals surface area contributed by atoms with Crippen LogP contribution in [0.1, 0.15) is 30.3 Å². The first-order valence-electron chi connectivity index (χ1n) is 8.02. The van der Waals surface area contributed by atoms with Gasteiger partial charge in [0.15, 0.2) is 0 Å². The summed E-state index contributed by atoms with van der Waals surface area (Å²) in [7, 11) is 0. The molecule has 0 bridgehead atoms. The zero-order valence-electron chi connectivity index (χ0n) is 13.1. The summed E-state index contributed by atoms with van der Waals surface area (Å²) >= 11 is 0. The number of hydrogen-bond acceptors (Lipinski definition) is 5. The third kappa shape index (κ3) is 3.05. The molecule has 6 heteroatoms. The van der Waals surface area contributed by atoms with Crippen LogP contribution in [0.3, 0.4) is 0 Å². The van der Waals surface area contributed by atoms with Crippen LogP contribution in [-0.2, 0) is 6.54 Å². The fraction of sp³-hybridized carbons (Fsp3) is 0.278. The Bertz CT molecular complexity index is 803. The van der Waals surface area contributed by atoms with Crippen molar-refractivity contribution < 1.29 is 8.91 Å². The van der Waals surface area contributed by atoms with Gasteiger partial charge in [-0.15, -0.1) is 0 Å². The molecule has 0 amide bonds. The summed E-state index contributed by atoms with van der Waals surface area (Å²) in [6.45, 7) is 1.56. The number of hydrogen-bond donors (Lipinski definition) is 0. The summed E-state index contributed by atoms with van der Waals surface area (Å²) in [6, 6.07) is 10.7. The van der Waals surface area contributed by atoms with Gasteiger partial charge in [-0.1, -0.05) is 17.3 Å². The van der Waals surface area contributed by atoms with E-state index in [1.807, 2.05) is 24.3 Å². The van der Waals surface area contributed by atoms with E-state index in [0.29, 0.717) is 18.3 Å². The maximum atomic E-state index is 13.1. The average Bonchev–Trinajstić information content (AvgIpc) is 3.27. The summed E-state index contributed by atoms with van der Waals surface area (Å²) in [5.41, 5.74) is 1.96. The second kappa shape index (κ2) is 6.49. The van der Waals surface area contributed by atoms with E-state index >= 15 is 0 Å². The Hall–Kier alpha value is -2.60. The normalized spacial score (nSPS) is 18.1. The van der Waals surface area contributed by atoms with Gasteiger partial charge < -0.3 is 4.52 Å². The number of benzene rings is 1. The molecule has 0 spiro atoms. The smallest absolute Gasteiger partial charge is 0.241 e. The lowest BCUT2D eigenvalue weighted by Gasteiger charge is -2.23. The Balaban J connectivity index is 1.50. The van der Waals surface area contributed by atoms with Crippen LogP contribution in [0.4, 0.5) is 4.39 Å². The predicted octanol–water partition coefficient (Wildman–Crippen LogP) is 3.61. The van der Waals surface area contributed by atoms with Crippen molar-refractivity contribution in [1.29, 1.82) is 0 Å². The molecule has 0 N–H and O–H groups in total. The lowest BCUT2D eigenvalue weighted by Crippen LogP contribution is -2.22. The number of rotatable bonds is 4. The van der Waals surface area contributed by atoms with Crippen LogP contribution in [0.25, 0.3) is 11.4 Å². The molecule has 3 aromatic rings. The zero-order chi connectivity index (χ0) is 16.4. The monoisotopic (exact) mass is 324 g/mol. The quantitative estimate of drug-likeness (QED) is 0.734. The van der Waals surface area contributed by atoms with Crippen LogP contribution in [0.15, 0.2) is 53.3 Å². The van der Waals surface area contributed by atoms with Gasteiger partial charge in [0.05, 0.1) is 6.54 Å². The second-order valence-electron chi connectivity index (χ2n) is 5.93. The number of pyridine rings is 1. The standard InChI is InChI=1S/C18H17FN4O/c19-15-7-5-13(6-8-15)16-4-2-10-23(16)12-17-21-18(22-24-17)14-3-1-9-20-11-14/h1,3,5-9,11,16H,2,4,10,12H2/t16-/m1/s1. The van der Waals surface area contributed by atoms with Crippen molar-refractivity contribution in [2.75, 3.05) is 6.54 Å². The molecule has 0 saturated carbocycles. The summed E-state index contributed by atoms with van der Waals surface area (Å²) in [5, 5.41) is 4.04. The van der Waals surface area contributed by atoms with Gasteiger partial charge in [0.25, 0.3) is 0 Å². The SMILES string of the molecule is Fc1ccc([C@H]2CCCN2Cc2nc(-c3cccnc3)no2)cc1. The van der Waals surface area contributed by atoms with Gasteiger partial charge >= 0.3 is 0 Å². The lowest BCUT2D eigenvalue weighted by molar-refractivity contribution is 0.212. The summed E-state index contributed by atoms with van der Waals surface area (Å²) in [4.78, 5) is 10.8. The highest BCUT2D eigenvalue weighted by atomic mass is 19.1. The van der Waals surface area contributed by atoms with E-state index in [4.69, 9.17) is 4.52 Å². The Kier molecular flexibility index (Phi) is 4.04. The van der Waals surface area contributed by atoms with Crippen LogP contribution in [0.5, 0.6) is 0 Å². The Morgan fingerprint density at radius 1 is 1.21 bits per heavy atom. The van der Waals surface area contributed by atoms with Gasteiger partial charge in [-0.25, -0.2) is 4.39 Å². The molecule has 0 radical (unpaired) electrons. The second-order valence-corrected chi connectivity index (χ2v) is 5.93. The number of halogens is 1. The molecule has 3 heterocycles. The van der Waals surface area contributed by atoms with Gasteiger partial charge in [0.1, 0.15) is 5.82 Å². The molecule has 1 aliphatic rings. The Morgan fingerprint density at radius 2 is 2.08 bits per heavy atom. The molecular formula is C18H17FN4O. The highest BCUT2D eigenvalue weighted by molar-refractivity contribution is 5.51. The van der Waals surface area contributed by atoms with E-state index in [-0.39, 0.29) is 11.9 Å². The number of aromatic nitrogens is 3. The van der Waals surface area contributed by atoms with Crippen molar-refractivity contribution in [2.45, 2.75) is 25.4 Å². The highest BCUT2D eigenvalue weighted by Crippen LogP contribution is 2.33. The first kappa shape index (κ1) is 15.0. The molecule has 5 nitrogen and oxygen atoms in total. The molecule has 1 fully saturated rings. The van der Waals surface area contributed by atoms with Gasteiger partial charge in [0, 0.05) is 24.0 Å². The van der Waals surface area contributed by atoms with E-state index in [9.17, 15) is 4.39 Å². The molecule has 1 aliphatic heterocycles. The van der Waals surface area contributed by atoms with E-state index < -0.39 is 0 Å². The van der Waals surface area contributed by atoms with Gasteiger partial charge in [0.2, 0.25) is 11.7 Å². The molecule has 1 saturated heterocycles. The first-order chi connectivity index (χ1) is 11.8. The molecule has 1 atom stereocenters. The summed E-state index contributed by atoms with van der Waals surface area (Å²) < 4.78 is 18.5. The van der Waals surface area contributed by atoms with Crippen LogP contribution < -0.4 is 0 Å². The molecule has 0 unspecified atom stereocenters. The maximum Gasteiger partial charge on any atom is 0.241 e. The number of nitrogens with zero attached hydrogens (tertiary/aromatic N) is 4. The Labute approximate surface area is 139 Å². The topological polar surface area (TPSA) is 55.1 Å². The van der Waals surface area contributed by atoms with Crippen molar-refractivity contribution >= 4 is 0 Å². The molecule has 2 aromatic heterocycles. The first-order valence-corrected chi connectivity index (χ1v) is 8.02. The van der Waals surface area contributed by atoms with Crippen molar-refractivity contribution in [2.24, 2.45) is 0 Å². The third-order valence-corrected chi connectivity index (χ3v) is 4.34. The zero-order valence-corrected chi connectivity index (χ0v) is 13.1. The van der Waals surface area contributed by atoms with E-state index in [1.165, 1.54) is 12.1 Å². The molecule has 122 valence electrons. The summed E-state index contributed by atoms with van der Waals surface area (Å²) in [5.74, 6) is 0.930. The molecule has 0 aliphatic carbocycles. The molecule has 4 rings (SSSR count). The lowest BCUT2D eigenvalue weighted by atomic mass is 10.0. The molecule has 24 heavy (non-hydrogen) atoms. The number of likely N-dealkylation sites (tertiary alicyclic amines) is 1. The van der Waals surface area contributed by atoms with Crippen LogP contribution in [0.2, 0.25) is 0 Å². The van der Waals surface area contributed by atoms with Crippen molar-refractivity contribution in [1.82, 2.24) is 20.0 Å².